The summed E-state index contributed by atoms with van der Waals surface area (Å²) < 4.78 is 22.2. The molecule has 0 unspecified atom stereocenters. The molecular formula is C11H12N6O3S. The third kappa shape index (κ3) is 3.72. The average Bonchev–Trinajstić information content (AvgIpc) is 2.47. The first-order valence-electron chi connectivity index (χ1n) is 5.65. The molecular weight excluding hydrogens is 296 g/mol. The van der Waals surface area contributed by atoms with Crippen molar-refractivity contribution in [2.24, 2.45) is 11.0 Å². The van der Waals surface area contributed by atoms with Crippen molar-refractivity contribution < 1.29 is 13.2 Å². The van der Waals surface area contributed by atoms with E-state index in [1.807, 2.05) is 0 Å². The third-order valence-electron chi connectivity index (χ3n) is 2.49. The number of anilines is 2. The van der Waals surface area contributed by atoms with Gasteiger partial charge in [-0.15, -0.1) is 10.2 Å². The first kappa shape index (κ1) is 14.8. The molecule has 0 bridgehead atoms. The molecule has 0 aliphatic rings. The van der Waals surface area contributed by atoms with Crippen molar-refractivity contribution in [3.8, 4) is 0 Å². The second-order valence-electron chi connectivity index (χ2n) is 3.97. The smallest absolute Gasteiger partial charge is 0.276 e. The number of nitrogens with two attached hydrogens (primary N) is 2. The number of benzene rings is 1. The van der Waals surface area contributed by atoms with E-state index in [0.717, 1.165) is 0 Å². The van der Waals surface area contributed by atoms with Crippen LogP contribution in [0, 0.1) is 0 Å². The lowest BCUT2D eigenvalue weighted by atomic mass is 10.3. The fourth-order valence-electron chi connectivity index (χ4n) is 1.45. The molecule has 110 valence electrons. The van der Waals surface area contributed by atoms with E-state index < -0.39 is 15.9 Å². The number of rotatable bonds is 4. The Morgan fingerprint density at radius 2 is 1.71 bits per heavy atom. The normalized spacial score (nSPS) is 11.0. The highest BCUT2D eigenvalue weighted by molar-refractivity contribution is 7.89. The summed E-state index contributed by atoms with van der Waals surface area (Å²) in [6.45, 7) is 0. The van der Waals surface area contributed by atoms with Crippen molar-refractivity contribution in [1.82, 2.24) is 10.2 Å². The van der Waals surface area contributed by atoms with Gasteiger partial charge in [0.1, 0.15) is 0 Å². The lowest BCUT2D eigenvalue weighted by Gasteiger charge is -2.05. The van der Waals surface area contributed by atoms with Gasteiger partial charge in [-0.2, -0.15) is 0 Å². The molecule has 2 aromatic rings. The molecule has 0 saturated heterocycles. The number of hydrogen-bond donors (Lipinski definition) is 4. The van der Waals surface area contributed by atoms with Gasteiger partial charge in [-0.1, -0.05) is 0 Å². The molecule has 0 spiro atoms. The van der Waals surface area contributed by atoms with Gasteiger partial charge < -0.3 is 10.7 Å². The number of sulfonamides is 1. The fourth-order valence-corrected chi connectivity index (χ4v) is 1.97. The number of amides is 1. The van der Waals surface area contributed by atoms with Gasteiger partial charge in [0.05, 0.1) is 4.90 Å². The van der Waals surface area contributed by atoms with E-state index in [9.17, 15) is 13.2 Å². The number of hydrogen-bond acceptors (Lipinski definition) is 7. The zero-order chi connectivity index (χ0) is 15.5. The summed E-state index contributed by atoms with van der Waals surface area (Å²) in [5, 5.41) is 14.9. The Balaban J connectivity index is 2.12. The molecule has 1 aromatic carbocycles. The minimum Gasteiger partial charge on any atom is -0.321 e. The highest BCUT2D eigenvalue weighted by atomic mass is 32.2. The first-order chi connectivity index (χ1) is 9.90. The topological polar surface area (TPSA) is 153 Å². The molecule has 1 heterocycles. The second-order valence-corrected chi connectivity index (χ2v) is 5.53. The lowest BCUT2D eigenvalue weighted by Crippen LogP contribution is -2.16. The van der Waals surface area contributed by atoms with Gasteiger partial charge in [0, 0.05) is 5.69 Å². The van der Waals surface area contributed by atoms with Crippen LogP contribution in [0.3, 0.4) is 0 Å². The predicted octanol–water partition coefficient (Wildman–Crippen LogP) is -0.338. The van der Waals surface area contributed by atoms with Crippen LogP contribution in [0.5, 0.6) is 0 Å². The highest BCUT2D eigenvalue weighted by Crippen LogP contribution is 2.13. The summed E-state index contributed by atoms with van der Waals surface area (Å²) in [5.74, 6) is 4.97. The number of primary sulfonamides is 1. The van der Waals surface area contributed by atoms with Crippen molar-refractivity contribution in [2.75, 3.05) is 10.7 Å². The molecule has 0 aliphatic carbocycles. The predicted molar refractivity (Wildman–Crippen MR) is 75.6 cm³/mol. The second kappa shape index (κ2) is 5.83. The zero-order valence-electron chi connectivity index (χ0n) is 10.6. The van der Waals surface area contributed by atoms with E-state index in [1.54, 1.807) is 0 Å². The Hall–Kier alpha value is -2.56. The third-order valence-corrected chi connectivity index (χ3v) is 3.42. The van der Waals surface area contributed by atoms with Crippen LogP contribution in [0.4, 0.5) is 11.5 Å². The molecule has 21 heavy (non-hydrogen) atoms. The SMILES string of the molecule is NNc1ccc(C(=O)Nc2ccc(S(N)(=O)=O)cc2)nn1. The number of aromatic nitrogens is 2. The van der Waals surface area contributed by atoms with Crippen molar-refractivity contribution in [3.63, 3.8) is 0 Å². The summed E-state index contributed by atoms with van der Waals surface area (Å²) in [6.07, 6.45) is 0. The van der Waals surface area contributed by atoms with E-state index in [0.29, 0.717) is 11.5 Å². The standard InChI is InChI=1S/C11H12N6O3S/c12-15-10-6-5-9(16-17-10)11(18)14-7-1-3-8(4-2-7)21(13,19)20/h1-6H,12H2,(H,14,18)(H,15,17)(H2,13,19,20). The van der Waals surface area contributed by atoms with Crippen LogP contribution >= 0.6 is 0 Å². The van der Waals surface area contributed by atoms with Gasteiger partial charge in [0.15, 0.2) is 11.5 Å². The fraction of sp³-hybridized carbons (Fsp3) is 0. The Labute approximate surface area is 120 Å². The number of carbonyl (C=O) groups excluding carboxylic acids is 1. The van der Waals surface area contributed by atoms with Gasteiger partial charge in [0.25, 0.3) is 5.91 Å². The van der Waals surface area contributed by atoms with Gasteiger partial charge in [-0.25, -0.2) is 19.4 Å². The summed E-state index contributed by atoms with van der Waals surface area (Å²) in [5.41, 5.74) is 2.77. The maximum absolute atomic E-state index is 11.9. The molecule has 1 aromatic heterocycles. The van der Waals surface area contributed by atoms with Crippen LogP contribution in [0.15, 0.2) is 41.3 Å². The Morgan fingerprint density at radius 1 is 1.05 bits per heavy atom. The molecule has 9 nitrogen and oxygen atoms in total. The summed E-state index contributed by atoms with van der Waals surface area (Å²) in [6, 6.07) is 8.35. The first-order valence-corrected chi connectivity index (χ1v) is 7.19. The molecule has 1 amide bonds. The molecule has 0 saturated carbocycles. The van der Waals surface area contributed by atoms with E-state index in [-0.39, 0.29) is 10.6 Å². The maximum atomic E-state index is 11.9. The number of carbonyl (C=O) groups is 1. The van der Waals surface area contributed by atoms with Crippen molar-refractivity contribution >= 4 is 27.4 Å². The number of nitrogens with one attached hydrogen (secondary N) is 2. The molecule has 6 N–H and O–H groups in total. The minimum absolute atomic E-state index is 0.0429. The average molecular weight is 308 g/mol. The quantitative estimate of drug-likeness (QED) is 0.445. The highest BCUT2D eigenvalue weighted by Gasteiger charge is 2.10. The minimum atomic E-state index is -3.76. The van der Waals surface area contributed by atoms with Crippen molar-refractivity contribution in [1.29, 1.82) is 0 Å². The van der Waals surface area contributed by atoms with E-state index in [2.05, 4.69) is 20.9 Å². The van der Waals surface area contributed by atoms with Crippen LogP contribution in [0.25, 0.3) is 0 Å². The number of hydrazine groups is 1. The summed E-state index contributed by atoms with van der Waals surface area (Å²) >= 11 is 0. The van der Waals surface area contributed by atoms with Crippen LogP contribution in [0.2, 0.25) is 0 Å². The van der Waals surface area contributed by atoms with Crippen LogP contribution in [-0.4, -0.2) is 24.5 Å². The van der Waals surface area contributed by atoms with E-state index in [1.165, 1.54) is 36.4 Å². The Morgan fingerprint density at radius 3 is 2.19 bits per heavy atom. The largest absolute Gasteiger partial charge is 0.321 e. The van der Waals surface area contributed by atoms with Crippen molar-refractivity contribution in [3.05, 3.63) is 42.1 Å². The molecule has 0 atom stereocenters. The Kier molecular flexibility index (Phi) is 4.12. The molecule has 0 aliphatic heterocycles. The Bertz CT molecular complexity index is 743. The molecule has 10 heteroatoms. The van der Waals surface area contributed by atoms with Crippen LogP contribution in [-0.2, 0) is 10.0 Å². The van der Waals surface area contributed by atoms with Crippen molar-refractivity contribution in [2.45, 2.75) is 4.90 Å². The van der Waals surface area contributed by atoms with Gasteiger partial charge in [-0.05, 0) is 36.4 Å². The molecule has 2 rings (SSSR count). The molecule has 0 fully saturated rings. The lowest BCUT2D eigenvalue weighted by molar-refractivity contribution is 0.102. The van der Waals surface area contributed by atoms with E-state index >= 15 is 0 Å². The van der Waals surface area contributed by atoms with Crippen LogP contribution < -0.4 is 21.7 Å². The van der Waals surface area contributed by atoms with E-state index in [4.69, 9.17) is 11.0 Å². The van der Waals surface area contributed by atoms with Gasteiger partial charge in [0.2, 0.25) is 10.0 Å². The van der Waals surface area contributed by atoms with Gasteiger partial charge >= 0.3 is 0 Å². The zero-order valence-corrected chi connectivity index (χ0v) is 11.5. The van der Waals surface area contributed by atoms with Gasteiger partial charge in [-0.3, -0.25) is 4.79 Å². The van der Waals surface area contributed by atoms with Crippen LogP contribution in [0.1, 0.15) is 10.5 Å². The summed E-state index contributed by atoms with van der Waals surface area (Å²) in [7, 11) is -3.76. The summed E-state index contributed by atoms with van der Waals surface area (Å²) in [4.78, 5) is 11.8. The maximum Gasteiger partial charge on any atom is 0.276 e. The number of nitrogens with zero attached hydrogens (tertiary/aromatic N) is 2. The molecule has 0 radical (unpaired) electrons. The monoisotopic (exact) mass is 308 g/mol. The number of nitrogen functional groups attached to an aromatic ring is 1.